The van der Waals surface area contributed by atoms with Crippen LogP contribution in [0.25, 0.3) is 0 Å². The Morgan fingerprint density at radius 1 is 1.33 bits per heavy atom. The Hall–Kier alpha value is -0.610. The van der Waals surface area contributed by atoms with Crippen molar-refractivity contribution in [1.29, 1.82) is 0 Å². The van der Waals surface area contributed by atoms with Crippen LogP contribution in [0.5, 0.6) is 0 Å². The first-order valence-corrected chi connectivity index (χ1v) is 5.25. The highest BCUT2D eigenvalue weighted by Gasteiger charge is 2.18. The number of carbonyl (C=O) groups is 1. The molecule has 1 unspecified atom stereocenters. The van der Waals surface area contributed by atoms with Crippen molar-refractivity contribution < 1.29 is 14.3 Å². The molecule has 0 saturated heterocycles. The van der Waals surface area contributed by atoms with Crippen LogP contribution < -0.4 is 5.73 Å². The Balaban J connectivity index is 3.67. The maximum absolute atomic E-state index is 11.3. The van der Waals surface area contributed by atoms with Crippen LogP contribution in [0, 0.1) is 5.41 Å². The van der Waals surface area contributed by atoms with E-state index < -0.39 is 0 Å². The van der Waals surface area contributed by atoms with Gasteiger partial charge in [-0.3, -0.25) is 4.79 Å². The summed E-state index contributed by atoms with van der Waals surface area (Å²) in [6, 6.07) is -0.125. The second-order valence-electron chi connectivity index (χ2n) is 4.94. The van der Waals surface area contributed by atoms with E-state index in [9.17, 15) is 4.79 Å². The Labute approximate surface area is 92.1 Å². The number of hydrogen-bond acceptors (Lipinski definition) is 4. The molecule has 0 aliphatic heterocycles. The molecule has 15 heavy (non-hydrogen) atoms. The van der Waals surface area contributed by atoms with Gasteiger partial charge >= 0.3 is 5.97 Å². The summed E-state index contributed by atoms with van der Waals surface area (Å²) in [4.78, 5) is 11.3. The molecule has 0 aromatic rings. The third kappa shape index (κ3) is 9.69. The molecular formula is C11H23NO3. The number of hydrogen-bond donors (Lipinski definition) is 1. The van der Waals surface area contributed by atoms with Gasteiger partial charge in [-0.05, 0) is 11.8 Å². The maximum atomic E-state index is 11.3. The van der Waals surface area contributed by atoms with Crippen molar-refractivity contribution >= 4 is 5.97 Å². The number of rotatable bonds is 6. The minimum atomic E-state index is -0.246. The lowest BCUT2D eigenvalue weighted by Gasteiger charge is -2.22. The lowest BCUT2D eigenvalue weighted by atomic mass is 9.87. The molecule has 0 aromatic heterocycles. The average Bonchev–Trinajstić information content (AvgIpc) is 2.00. The van der Waals surface area contributed by atoms with E-state index in [2.05, 4.69) is 20.8 Å². The first kappa shape index (κ1) is 14.4. The molecule has 0 bridgehead atoms. The van der Waals surface area contributed by atoms with Crippen LogP contribution in [-0.4, -0.2) is 32.3 Å². The first-order chi connectivity index (χ1) is 6.85. The fourth-order valence-corrected chi connectivity index (χ4v) is 1.37. The predicted molar refractivity (Wildman–Crippen MR) is 59.5 cm³/mol. The maximum Gasteiger partial charge on any atom is 0.307 e. The molecule has 4 heteroatoms. The van der Waals surface area contributed by atoms with E-state index in [1.807, 2.05) is 0 Å². The van der Waals surface area contributed by atoms with E-state index in [1.165, 1.54) is 0 Å². The lowest BCUT2D eigenvalue weighted by molar-refractivity contribution is -0.145. The summed E-state index contributed by atoms with van der Waals surface area (Å²) < 4.78 is 9.69. The van der Waals surface area contributed by atoms with Crippen LogP contribution in [0.3, 0.4) is 0 Å². The molecular weight excluding hydrogens is 194 g/mol. The van der Waals surface area contributed by atoms with Crippen LogP contribution in [0.15, 0.2) is 0 Å². The van der Waals surface area contributed by atoms with Gasteiger partial charge in [-0.1, -0.05) is 20.8 Å². The molecule has 0 fully saturated rings. The van der Waals surface area contributed by atoms with Crippen molar-refractivity contribution in [2.45, 2.75) is 39.7 Å². The predicted octanol–water partition coefficient (Wildman–Crippen LogP) is 1.33. The molecule has 0 spiro atoms. The van der Waals surface area contributed by atoms with Gasteiger partial charge in [0, 0.05) is 13.2 Å². The molecule has 90 valence electrons. The van der Waals surface area contributed by atoms with E-state index >= 15 is 0 Å². The zero-order valence-electron chi connectivity index (χ0n) is 10.2. The second kappa shape index (κ2) is 6.80. The molecule has 0 rings (SSSR count). The molecule has 1 atom stereocenters. The summed E-state index contributed by atoms with van der Waals surface area (Å²) in [7, 11) is 1.57. The van der Waals surface area contributed by atoms with E-state index in [0.29, 0.717) is 13.2 Å². The van der Waals surface area contributed by atoms with Crippen LogP contribution in [-0.2, 0) is 14.3 Å². The first-order valence-electron chi connectivity index (χ1n) is 5.25. The summed E-state index contributed by atoms with van der Waals surface area (Å²) in [6.45, 7) is 7.03. The highest BCUT2D eigenvalue weighted by molar-refractivity contribution is 5.70. The van der Waals surface area contributed by atoms with Gasteiger partial charge in [-0.2, -0.15) is 0 Å². The second-order valence-corrected chi connectivity index (χ2v) is 4.94. The van der Waals surface area contributed by atoms with Gasteiger partial charge in [0.25, 0.3) is 0 Å². The molecule has 0 aliphatic carbocycles. The SMILES string of the molecule is COCCOC(=O)CC(N)CC(C)(C)C. The molecule has 0 heterocycles. The van der Waals surface area contributed by atoms with Crippen molar-refractivity contribution in [2.24, 2.45) is 11.1 Å². The zero-order chi connectivity index (χ0) is 11.9. The Kier molecular flexibility index (Phi) is 6.52. The highest BCUT2D eigenvalue weighted by atomic mass is 16.6. The van der Waals surface area contributed by atoms with Crippen molar-refractivity contribution in [3.63, 3.8) is 0 Å². The van der Waals surface area contributed by atoms with Gasteiger partial charge in [0.15, 0.2) is 0 Å². The number of ether oxygens (including phenoxy) is 2. The van der Waals surface area contributed by atoms with Crippen molar-refractivity contribution in [3.8, 4) is 0 Å². The van der Waals surface area contributed by atoms with E-state index in [0.717, 1.165) is 6.42 Å². The van der Waals surface area contributed by atoms with Gasteiger partial charge in [-0.15, -0.1) is 0 Å². The number of carbonyl (C=O) groups excluding carboxylic acids is 1. The Bertz CT molecular complexity index is 187. The van der Waals surface area contributed by atoms with Gasteiger partial charge < -0.3 is 15.2 Å². The average molecular weight is 217 g/mol. The largest absolute Gasteiger partial charge is 0.463 e. The van der Waals surface area contributed by atoms with Crippen molar-refractivity contribution in [1.82, 2.24) is 0 Å². The van der Waals surface area contributed by atoms with Gasteiger partial charge in [0.05, 0.1) is 13.0 Å². The molecule has 0 amide bonds. The van der Waals surface area contributed by atoms with Crippen molar-refractivity contribution in [3.05, 3.63) is 0 Å². The standard InChI is InChI=1S/C11H23NO3/c1-11(2,3)8-9(12)7-10(13)15-6-5-14-4/h9H,5-8,12H2,1-4H3. The number of methoxy groups -OCH3 is 1. The minimum absolute atomic E-state index is 0.125. The molecule has 0 radical (unpaired) electrons. The molecule has 0 aromatic carbocycles. The fourth-order valence-electron chi connectivity index (χ4n) is 1.37. The summed E-state index contributed by atoms with van der Waals surface area (Å²) in [5.74, 6) is -0.246. The van der Waals surface area contributed by atoms with Crippen LogP contribution in [0.2, 0.25) is 0 Å². The van der Waals surface area contributed by atoms with E-state index in [4.69, 9.17) is 15.2 Å². The topological polar surface area (TPSA) is 61.5 Å². The van der Waals surface area contributed by atoms with Gasteiger partial charge in [0.1, 0.15) is 6.61 Å². The smallest absolute Gasteiger partial charge is 0.307 e. The Morgan fingerprint density at radius 3 is 2.40 bits per heavy atom. The monoisotopic (exact) mass is 217 g/mol. The van der Waals surface area contributed by atoms with Crippen LogP contribution in [0.1, 0.15) is 33.6 Å². The van der Waals surface area contributed by atoms with Crippen molar-refractivity contribution in [2.75, 3.05) is 20.3 Å². The van der Waals surface area contributed by atoms with E-state index in [-0.39, 0.29) is 23.8 Å². The quantitative estimate of drug-likeness (QED) is 0.538. The van der Waals surface area contributed by atoms with Gasteiger partial charge in [-0.25, -0.2) is 0 Å². The van der Waals surface area contributed by atoms with Crippen LogP contribution >= 0.6 is 0 Å². The minimum Gasteiger partial charge on any atom is -0.463 e. The third-order valence-electron chi connectivity index (χ3n) is 1.85. The number of esters is 1. The summed E-state index contributed by atoms with van der Waals surface area (Å²) in [5.41, 5.74) is 5.98. The lowest BCUT2D eigenvalue weighted by Crippen LogP contribution is -2.29. The fraction of sp³-hybridized carbons (Fsp3) is 0.909. The molecule has 0 aliphatic rings. The summed E-state index contributed by atoms with van der Waals surface area (Å²) >= 11 is 0. The normalized spacial score (nSPS) is 13.7. The van der Waals surface area contributed by atoms with Gasteiger partial charge in [0.2, 0.25) is 0 Å². The molecule has 0 saturated carbocycles. The number of nitrogens with two attached hydrogens (primary N) is 1. The zero-order valence-corrected chi connectivity index (χ0v) is 10.2. The molecule has 4 nitrogen and oxygen atoms in total. The third-order valence-corrected chi connectivity index (χ3v) is 1.85. The highest BCUT2D eigenvalue weighted by Crippen LogP contribution is 2.21. The van der Waals surface area contributed by atoms with E-state index in [1.54, 1.807) is 7.11 Å². The summed E-state index contributed by atoms with van der Waals surface area (Å²) in [6.07, 6.45) is 1.09. The summed E-state index contributed by atoms with van der Waals surface area (Å²) in [5, 5.41) is 0. The van der Waals surface area contributed by atoms with Crippen LogP contribution in [0.4, 0.5) is 0 Å². The Morgan fingerprint density at radius 2 is 1.93 bits per heavy atom. The molecule has 2 N–H and O–H groups in total.